The van der Waals surface area contributed by atoms with Gasteiger partial charge in [0.05, 0.1) is 24.0 Å². The quantitative estimate of drug-likeness (QED) is 0.0822. The number of hydrogen-bond donors (Lipinski definition) is 0. The maximum atomic E-state index is 14.3. The van der Waals surface area contributed by atoms with Gasteiger partial charge in [-0.05, 0) is 75.7 Å². The highest BCUT2D eigenvalue weighted by atomic mass is 79.9. The van der Waals surface area contributed by atoms with Crippen LogP contribution in [0.25, 0.3) is 11.3 Å². The number of rotatable bonds is 11. The van der Waals surface area contributed by atoms with Crippen molar-refractivity contribution in [2.45, 2.75) is 93.7 Å². The minimum atomic E-state index is -1.86. The van der Waals surface area contributed by atoms with Gasteiger partial charge in [-0.25, -0.2) is 17.9 Å². The molecule has 0 amide bonds. The number of fused-ring (bicyclic) bond motifs is 1. The summed E-state index contributed by atoms with van der Waals surface area (Å²) in [5.41, 5.74) is -0.978. The van der Waals surface area contributed by atoms with Gasteiger partial charge in [-0.2, -0.15) is 0 Å². The Kier molecular flexibility index (Phi) is 12.4. The van der Waals surface area contributed by atoms with Crippen LogP contribution in [0.1, 0.15) is 59.4 Å². The smallest absolute Gasteiger partial charge is 0.335 e. The Hall–Kier alpha value is -2.50. The van der Waals surface area contributed by atoms with E-state index in [9.17, 15) is 13.2 Å². The molecule has 2 aromatic heterocycles. The second-order valence-electron chi connectivity index (χ2n) is 14.0. The van der Waals surface area contributed by atoms with Crippen LogP contribution >= 0.6 is 36.3 Å². The fourth-order valence-electron chi connectivity index (χ4n) is 5.44. The fraction of sp³-hybridized carbons (Fsp3) is 0.457. The molecule has 2 aliphatic heterocycles. The van der Waals surface area contributed by atoms with Crippen LogP contribution in [0.4, 0.5) is 13.2 Å². The average Bonchev–Trinajstić information content (AvgIpc) is 3.56. The first-order chi connectivity index (χ1) is 24.6. The highest BCUT2D eigenvalue weighted by molar-refractivity contribution is 9.10. The third-order valence-electron chi connectivity index (χ3n) is 7.52. The summed E-state index contributed by atoms with van der Waals surface area (Å²) in [4.78, 5) is 5.08. The molecule has 0 bridgehead atoms. The van der Waals surface area contributed by atoms with Crippen molar-refractivity contribution in [3.8, 4) is 11.3 Å². The molecular weight excluding hydrogens is 788 g/mol. The van der Waals surface area contributed by atoms with Gasteiger partial charge in [-0.15, -0.1) is 5.10 Å². The Labute approximate surface area is 313 Å². The number of ether oxygens (including phenoxy) is 4. The Morgan fingerprint density at radius 3 is 2.31 bits per heavy atom. The van der Waals surface area contributed by atoms with Crippen LogP contribution < -0.4 is 0 Å². The highest BCUT2D eigenvalue weighted by Crippen LogP contribution is 2.49. The fourth-order valence-corrected chi connectivity index (χ4v) is 8.30. The second-order valence-corrected chi connectivity index (χ2v) is 17.2. The van der Waals surface area contributed by atoms with Crippen molar-refractivity contribution in [2.24, 2.45) is 0 Å². The molecule has 6 atom stereocenters. The Morgan fingerprint density at radius 1 is 0.962 bits per heavy atom. The van der Waals surface area contributed by atoms with E-state index in [0.29, 0.717) is 0 Å². The van der Waals surface area contributed by atoms with Crippen molar-refractivity contribution in [2.75, 3.05) is 13.4 Å². The second kappa shape index (κ2) is 16.5. The van der Waals surface area contributed by atoms with E-state index in [2.05, 4.69) is 31.2 Å². The summed E-state index contributed by atoms with van der Waals surface area (Å²) in [6.07, 6.45) is 1.94. The van der Waals surface area contributed by atoms with Gasteiger partial charge in [0.15, 0.2) is 30.5 Å². The molecular formula is C35H39BrF3N4O7PS. The van der Waals surface area contributed by atoms with Crippen LogP contribution in [0.15, 0.2) is 76.5 Å². The zero-order valence-electron chi connectivity index (χ0n) is 29.2. The van der Waals surface area contributed by atoms with Crippen LogP contribution in [-0.4, -0.2) is 68.3 Å². The SMILES string of the molecule is CC(C)(C)OP(OCOC1C(n2cc(-c3cc(F)c(F)c(F)c3)nn2)[C@H]2OC(c3ccccc3)OCC2O[C@@H]1Sc1cncc(Br)c1)OC(C)(C)C. The molecule has 2 saturated heterocycles. The summed E-state index contributed by atoms with van der Waals surface area (Å²) in [7, 11) is -1.86. The van der Waals surface area contributed by atoms with Crippen molar-refractivity contribution < 1.29 is 45.7 Å². The van der Waals surface area contributed by atoms with Crippen molar-refractivity contribution in [1.29, 1.82) is 0 Å². The van der Waals surface area contributed by atoms with Gasteiger partial charge < -0.3 is 28.0 Å². The summed E-state index contributed by atoms with van der Waals surface area (Å²) >= 11 is 4.85. The van der Waals surface area contributed by atoms with Crippen LogP contribution in [0.3, 0.4) is 0 Å². The third kappa shape index (κ3) is 9.97. The first-order valence-electron chi connectivity index (χ1n) is 16.4. The Bertz CT molecular complexity index is 1780. The lowest BCUT2D eigenvalue weighted by atomic mass is 9.95. The maximum absolute atomic E-state index is 14.3. The van der Waals surface area contributed by atoms with E-state index in [1.165, 1.54) is 22.6 Å². The molecule has 2 aliphatic rings. The van der Waals surface area contributed by atoms with Crippen LogP contribution in [-0.2, 0) is 32.5 Å². The standard InChI is InChI=1S/C35H39BrF3N4O7PS/c1-34(2,3)49-51(50-35(4,5)6)46-19-45-31-29(43-17-26(41-42-43)21-12-24(37)28(39)25(38)13-21)30-27(18-44-32(48-30)20-10-8-7-9-11-20)47-33(31)52-23-14-22(36)15-40-16-23/h7-17,27,29-33H,18-19H2,1-6H3/t27?,29?,30-,31?,32?,33+/m0/s1. The lowest BCUT2D eigenvalue weighted by Gasteiger charge is -2.49. The number of benzene rings is 2. The minimum Gasteiger partial charge on any atom is -0.356 e. The highest BCUT2D eigenvalue weighted by Gasteiger charge is 2.52. The molecule has 0 aliphatic carbocycles. The van der Waals surface area contributed by atoms with Crippen LogP contribution in [0.2, 0.25) is 0 Å². The van der Waals surface area contributed by atoms with Gasteiger partial charge >= 0.3 is 8.60 Å². The molecule has 17 heteroatoms. The molecule has 0 N–H and O–H groups in total. The van der Waals surface area contributed by atoms with Gasteiger partial charge in [0.2, 0.25) is 0 Å². The van der Waals surface area contributed by atoms with Crippen molar-refractivity contribution in [1.82, 2.24) is 20.0 Å². The number of hydrogen-bond acceptors (Lipinski definition) is 11. The molecule has 52 heavy (non-hydrogen) atoms. The molecule has 2 fully saturated rings. The van der Waals surface area contributed by atoms with Gasteiger partial charge in [0, 0.05) is 32.9 Å². The van der Waals surface area contributed by atoms with E-state index in [1.54, 1.807) is 12.4 Å². The first-order valence-corrected chi connectivity index (χ1v) is 19.1. The summed E-state index contributed by atoms with van der Waals surface area (Å²) in [5, 5.41) is 8.60. The molecule has 11 nitrogen and oxygen atoms in total. The van der Waals surface area contributed by atoms with Crippen LogP contribution in [0, 0.1) is 17.5 Å². The molecule has 4 heterocycles. The van der Waals surface area contributed by atoms with E-state index in [0.717, 1.165) is 27.1 Å². The molecule has 0 saturated carbocycles. The van der Waals surface area contributed by atoms with Crippen molar-refractivity contribution in [3.63, 3.8) is 0 Å². The molecule has 280 valence electrons. The summed E-state index contributed by atoms with van der Waals surface area (Å²) in [6, 6.07) is 12.3. The number of pyridine rings is 1. The van der Waals surface area contributed by atoms with Crippen molar-refractivity contribution in [3.05, 3.63) is 94.6 Å². The molecule has 0 spiro atoms. The summed E-state index contributed by atoms with van der Waals surface area (Å²) in [5.74, 6) is -4.27. The number of halogens is 4. The predicted octanol–water partition coefficient (Wildman–Crippen LogP) is 8.91. The lowest BCUT2D eigenvalue weighted by Crippen LogP contribution is -2.59. The van der Waals surface area contributed by atoms with Crippen LogP contribution in [0.5, 0.6) is 0 Å². The number of aromatic nitrogens is 4. The average molecular weight is 828 g/mol. The normalized spacial score (nSPS) is 23.9. The minimum absolute atomic E-state index is 0.00226. The van der Waals surface area contributed by atoms with Crippen molar-refractivity contribution >= 4 is 36.3 Å². The Morgan fingerprint density at radius 2 is 1.65 bits per heavy atom. The molecule has 2 aromatic carbocycles. The monoisotopic (exact) mass is 826 g/mol. The van der Waals surface area contributed by atoms with E-state index < -0.39 is 73.3 Å². The molecule has 6 rings (SSSR count). The maximum Gasteiger partial charge on any atom is 0.335 e. The predicted molar refractivity (Wildman–Crippen MR) is 190 cm³/mol. The Balaban J connectivity index is 1.38. The zero-order chi connectivity index (χ0) is 37.2. The number of nitrogens with zero attached hydrogens (tertiary/aromatic N) is 4. The van der Waals surface area contributed by atoms with E-state index in [1.807, 2.05) is 77.9 Å². The van der Waals surface area contributed by atoms with Gasteiger partial charge in [-0.1, -0.05) is 47.3 Å². The third-order valence-corrected chi connectivity index (χ3v) is 10.8. The molecule has 4 aromatic rings. The van der Waals surface area contributed by atoms with E-state index >= 15 is 0 Å². The lowest BCUT2D eigenvalue weighted by molar-refractivity contribution is -0.312. The topological polar surface area (TPSA) is 108 Å². The summed E-state index contributed by atoms with van der Waals surface area (Å²) in [6.45, 7) is 11.3. The first kappa shape index (κ1) is 39.2. The zero-order valence-corrected chi connectivity index (χ0v) is 32.5. The summed E-state index contributed by atoms with van der Waals surface area (Å²) < 4.78 is 89.1. The largest absolute Gasteiger partial charge is 0.356 e. The van der Waals surface area contributed by atoms with Gasteiger partial charge in [-0.3, -0.25) is 9.51 Å². The molecule has 4 unspecified atom stereocenters. The van der Waals surface area contributed by atoms with E-state index in [-0.39, 0.29) is 24.7 Å². The van der Waals surface area contributed by atoms with E-state index in [4.69, 9.17) is 32.5 Å². The number of thioether (sulfide) groups is 1. The molecule has 0 radical (unpaired) electrons. The van der Waals surface area contributed by atoms with Gasteiger partial charge in [0.1, 0.15) is 35.5 Å². The van der Waals surface area contributed by atoms with Gasteiger partial charge in [0.25, 0.3) is 0 Å².